The van der Waals surface area contributed by atoms with E-state index in [9.17, 15) is 13.2 Å². The fraction of sp³-hybridized carbons (Fsp3) is 0.308. The molecule has 18 heavy (non-hydrogen) atoms. The smallest absolute Gasteiger partial charge is 0.323 e. The van der Waals surface area contributed by atoms with Gasteiger partial charge in [-0.1, -0.05) is 24.3 Å². The molecule has 2 nitrogen and oxygen atoms in total. The lowest BCUT2D eigenvalue weighted by atomic mass is 10.1. The Morgan fingerprint density at radius 3 is 2.56 bits per heavy atom. The van der Waals surface area contributed by atoms with Crippen molar-refractivity contribution in [3.63, 3.8) is 0 Å². The van der Waals surface area contributed by atoms with Crippen LogP contribution in [0.25, 0.3) is 10.9 Å². The van der Waals surface area contributed by atoms with Crippen LogP contribution in [0, 0.1) is 0 Å². The van der Waals surface area contributed by atoms with Crippen molar-refractivity contribution in [1.82, 2.24) is 4.98 Å². The highest BCUT2D eigenvalue weighted by Crippen LogP contribution is 2.26. The van der Waals surface area contributed by atoms with Gasteiger partial charge in [-0.15, -0.1) is 0 Å². The zero-order valence-electron chi connectivity index (χ0n) is 9.61. The maximum Gasteiger partial charge on any atom is 0.389 e. The molecule has 0 aliphatic heterocycles. The summed E-state index contributed by atoms with van der Waals surface area (Å²) in [4.78, 5) is 4.28. The monoisotopic (exact) mass is 254 g/mol. The number of para-hydroxylation sites is 1. The van der Waals surface area contributed by atoms with Crippen LogP contribution in [0.4, 0.5) is 13.2 Å². The number of fused-ring (bicyclic) bond motifs is 1. The van der Waals surface area contributed by atoms with E-state index in [2.05, 4.69) is 4.98 Å². The predicted molar refractivity (Wildman–Crippen MR) is 64.0 cm³/mol. The normalized spacial score (nSPS) is 13.8. The summed E-state index contributed by atoms with van der Waals surface area (Å²) < 4.78 is 36.3. The molecule has 0 saturated carbocycles. The molecule has 0 spiro atoms. The molecule has 1 heterocycles. The van der Waals surface area contributed by atoms with Gasteiger partial charge in [0.1, 0.15) is 0 Å². The van der Waals surface area contributed by atoms with Crippen molar-refractivity contribution >= 4 is 10.9 Å². The molecular weight excluding hydrogens is 241 g/mol. The number of hydrogen-bond acceptors (Lipinski definition) is 2. The number of alkyl halides is 3. The van der Waals surface area contributed by atoms with E-state index in [1.54, 1.807) is 6.07 Å². The van der Waals surface area contributed by atoms with Crippen molar-refractivity contribution in [3.05, 3.63) is 42.1 Å². The van der Waals surface area contributed by atoms with Gasteiger partial charge in [-0.3, -0.25) is 4.98 Å². The summed E-state index contributed by atoms with van der Waals surface area (Å²) in [6.07, 6.45) is -5.20. The minimum Gasteiger partial charge on any atom is -0.323 e. The van der Waals surface area contributed by atoms with Gasteiger partial charge >= 0.3 is 6.18 Å². The average molecular weight is 254 g/mol. The molecule has 96 valence electrons. The SMILES string of the molecule is NC(CCC(F)(F)F)c1ccc2ccccc2n1. The van der Waals surface area contributed by atoms with Crippen molar-refractivity contribution in [2.45, 2.75) is 25.1 Å². The van der Waals surface area contributed by atoms with Crippen molar-refractivity contribution in [2.75, 3.05) is 0 Å². The molecule has 0 aliphatic carbocycles. The molecular formula is C13H13F3N2. The van der Waals surface area contributed by atoms with Crippen molar-refractivity contribution in [3.8, 4) is 0 Å². The van der Waals surface area contributed by atoms with Crippen molar-refractivity contribution in [2.24, 2.45) is 5.73 Å². The molecule has 0 bridgehead atoms. The Labute approximate surface area is 103 Å². The third-order valence-corrected chi connectivity index (χ3v) is 2.74. The van der Waals surface area contributed by atoms with Gasteiger partial charge in [0.05, 0.1) is 11.2 Å². The number of nitrogens with zero attached hydrogens (tertiary/aromatic N) is 1. The summed E-state index contributed by atoms with van der Waals surface area (Å²) in [7, 11) is 0. The highest BCUT2D eigenvalue weighted by atomic mass is 19.4. The van der Waals surface area contributed by atoms with E-state index in [4.69, 9.17) is 5.73 Å². The Morgan fingerprint density at radius 2 is 1.83 bits per heavy atom. The lowest BCUT2D eigenvalue weighted by Crippen LogP contribution is -2.16. The maximum atomic E-state index is 12.1. The lowest BCUT2D eigenvalue weighted by Gasteiger charge is -2.13. The van der Waals surface area contributed by atoms with Crippen LogP contribution >= 0.6 is 0 Å². The molecule has 0 fully saturated rings. The van der Waals surface area contributed by atoms with Gasteiger partial charge in [-0.2, -0.15) is 13.2 Å². The van der Waals surface area contributed by atoms with Gasteiger partial charge in [-0.05, 0) is 18.6 Å². The first-order valence-electron chi connectivity index (χ1n) is 5.64. The highest BCUT2D eigenvalue weighted by molar-refractivity contribution is 5.78. The zero-order chi connectivity index (χ0) is 13.2. The van der Waals surface area contributed by atoms with Gasteiger partial charge in [-0.25, -0.2) is 0 Å². The minimum absolute atomic E-state index is 0.144. The Balaban J connectivity index is 2.15. The zero-order valence-corrected chi connectivity index (χ0v) is 9.61. The number of pyridine rings is 1. The van der Waals surface area contributed by atoms with Gasteiger partial charge in [0, 0.05) is 17.8 Å². The summed E-state index contributed by atoms with van der Waals surface area (Å²) in [5.74, 6) is 0. The molecule has 1 unspecified atom stereocenters. The Bertz CT molecular complexity index is 537. The largest absolute Gasteiger partial charge is 0.389 e. The van der Waals surface area contributed by atoms with Crippen molar-refractivity contribution in [1.29, 1.82) is 0 Å². The topological polar surface area (TPSA) is 38.9 Å². The van der Waals surface area contributed by atoms with E-state index in [0.29, 0.717) is 5.69 Å². The van der Waals surface area contributed by atoms with Crippen LogP contribution in [-0.2, 0) is 0 Å². The summed E-state index contributed by atoms with van der Waals surface area (Å²) in [5, 5.41) is 0.948. The van der Waals surface area contributed by atoms with Crippen LogP contribution in [-0.4, -0.2) is 11.2 Å². The second kappa shape index (κ2) is 4.94. The molecule has 2 rings (SSSR count). The minimum atomic E-state index is -4.17. The van der Waals surface area contributed by atoms with Gasteiger partial charge in [0.2, 0.25) is 0 Å². The third kappa shape index (κ3) is 3.20. The molecule has 2 aromatic rings. The number of halogens is 3. The molecule has 1 aromatic carbocycles. The van der Waals surface area contributed by atoms with Crippen LogP contribution in [0.5, 0.6) is 0 Å². The highest BCUT2D eigenvalue weighted by Gasteiger charge is 2.28. The molecule has 0 saturated heterocycles. The standard InChI is InChI=1S/C13H13F3N2/c14-13(15,16)8-7-10(17)12-6-5-9-3-1-2-4-11(9)18-12/h1-6,10H,7-8,17H2. The summed E-state index contributed by atoms with van der Waals surface area (Å²) in [5.41, 5.74) is 6.98. The van der Waals surface area contributed by atoms with Crippen molar-refractivity contribution < 1.29 is 13.2 Å². The van der Waals surface area contributed by atoms with E-state index in [-0.39, 0.29) is 6.42 Å². The number of aromatic nitrogens is 1. The molecule has 0 amide bonds. The molecule has 0 aliphatic rings. The van der Waals surface area contributed by atoms with E-state index in [1.165, 1.54) is 0 Å². The Hall–Kier alpha value is -1.62. The van der Waals surface area contributed by atoms with Gasteiger partial charge in [0.15, 0.2) is 0 Å². The first kappa shape index (κ1) is 12.8. The predicted octanol–water partition coefficient (Wildman–Crippen LogP) is 3.58. The maximum absolute atomic E-state index is 12.1. The quantitative estimate of drug-likeness (QED) is 0.909. The summed E-state index contributed by atoms with van der Waals surface area (Å²) in [6, 6.07) is 10.3. The number of nitrogens with two attached hydrogens (primary N) is 1. The van der Waals surface area contributed by atoms with Gasteiger partial charge in [0.25, 0.3) is 0 Å². The fourth-order valence-electron chi connectivity index (χ4n) is 1.76. The van der Waals surface area contributed by atoms with Crippen LogP contribution in [0.1, 0.15) is 24.6 Å². The first-order chi connectivity index (χ1) is 8.46. The first-order valence-corrected chi connectivity index (χ1v) is 5.64. The lowest BCUT2D eigenvalue weighted by molar-refractivity contribution is -0.136. The second-order valence-electron chi connectivity index (χ2n) is 4.19. The summed E-state index contributed by atoms with van der Waals surface area (Å²) in [6.45, 7) is 0. The third-order valence-electron chi connectivity index (χ3n) is 2.74. The van der Waals surface area contributed by atoms with E-state index in [0.717, 1.165) is 10.9 Å². The molecule has 1 aromatic heterocycles. The summed E-state index contributed by atoms with van der Waals surface area (Å²) >= 11 is 0. The van der Waals surface area contributed by atoms with E-state index < -0.39 is 18.6 Å². The van der Waals surface area contributed by atoms with Crippen LogP contribution in [0.2, 0.25) is 0 Å². The van der Waals surface area contributed by atoms with Crippen LogP contribution in [0.15, 0.2) is 36.4 Å². The molecule has 0 radical (unpaired) electrons. The Kier molecular flexibility index (Phi) is 3.52. The van der Waals surface area contributed by atoms with E-state index >= 15 is 0 Å². The van der Waals surface area contributed by atoms with Crippen LogP contribution in [0.3, 0.4) is 0 Å². The van der Waals surface area contributed by atoms with E-state index in [1.807, 2.05) is 30.3 Å². The fourth-order valence-corrected chi connectivity index (χ4v) is 1.76. The second-order valence-corrected chi connectivity index (χ2v) is 4.19. The van der Waals surface area contributed by atoms with Crippen LogP contribution < -0.4 is 5.73 Å². The number of rotatable bonds is 3. The van der Waals surface area contributed by atoms with Gasteiger partial charge < -0.3 is 5.73 Å². The number of benzene rings is 1. The molecule has 1 atom stereocenters. The number of hydrogen-bond donors (Lipinski definition) is 1. The Morgan fingerprint density at radius 1 is 1.11 bits per heavy atom. The average Bonchev–Trinajstić information content (AvgIpc) is 2.34. The molecule has 5 heteroatoms. The molecule has 2 N–H and O–H groups in total.